The fraction of sp³-hybridized carbons (Fsp3) is 0.355. The van der Waals surface area contributed by atoms with Crippen molar-refractivity contribution in [3.05, 3.63) is 90.0 Å². The van der Waals surface area contributed by atoms with Gasteiger partial charge in [0.25, 0.3) is 10.0 Å². The van der Waals surface area contributed by atoms with Gasteiger partial charge in [0.2, 0.25) is 11.8 Å². The molecule has 0 heterocycles. The molecule has 212 valence electrons. The van der Waals surface area contributed by atoms with Crippen molar-refractivity contribution in [2.24, 2.45) is 0 Å². The second-order valence-corrected chi connectivity index (χ2v) is 12.0. The lowest BCUT2D eigenvalue weighted by Gasteiger charge is -2.33. The Morgan fingerprint density at radius 1 is 0.975 bits per heavy atom. The Labute approximate surface area is 237 Å². The molecule has 9 heteroatoms. The molecule has 1 aliphatic carbocycles. The summed E-state index contributed by atoms with van der Waals surface area (Å²) in [6.07, 6.45) is 3.97. The number of nitrogens with zero attached hydrogens (tertiary/aromatic N) is 2. The quantitative estimate of drug-likeness (QED) is 0.366. The van der Waals surface area contributed by atoms with Crippen LogP contribution in [0.25, 0.3) is 0 Å². The van der Waals surface area contributed by atoms with Gasteiger partial charge in [0, 0.05) is 12.6 Å². The number of hydrogen-bond acceptors (Lipinski definition) is 5. The highest BCUT2D eigenvalue weighted by molar-refractivity contribution is 7.92. The van der Waals surface area contributed by atoms with E-state index in [0.717, 1.165) is 41.1 Å². The molecule has 40 heavy (non-hydrogen) atoms. The van der Waals surface area contributed by atoms with Gasteiger partial charge in [-0.1, -0.05) is 67.4 Å². The van der Waals surface area contributed by atoms with Gasteiger partial charge in [-0.05, 0) is 62.1 Å². The number of aryl methyl sites for hydroxylation is 1. The van der Waals surface area contributed by atoms with Crippen LogP contribution in [0.3, 0.4) is 0 Å². The standard InChI is InChI=1S/C31H37N3O5S/c1-23-18-19-29(39-3)28(20-23)34(40(37,38)27-16-8-5-9-17-27)22-30(35)33(21-25-12-6-4-7-13-25)24(2)31(36)32-26-14-10-11-15-26/h4-9,12-13,16-20,24,26H,10-11,14-15,21-22H2,1-3H3,(H,32,36)/t24-/m1/s1. The van der Waals surface area contributed by atoms with Crippen LogP contribution < -0.4 is 14.4 Å². The van der Waals surface area contributed by atoms with Crippen molar-refractivity contribution >= 4 is 27.5 Å². The molecule has 0 unspecified atom stereocenters. The molecule has 0 radical (unpaired) electrons. The van der Waals surface area contributed by atoms with Crippen LogP contribution in [-0.2, 0) is 26.2 Å². The summed E-state index contributed by atoms with van der Waals surface area (Å²) in [5.41, 5.74) is 1.89. The van der Waals surface area contributed by atoms with Gasteiger partial charge in [-0.25, -0.2) is 8.42 Å². The summed E-state index contributed by atoms with van der Waals surface area (Å²) in [6, 6.07) is 21.8. The van der Waals surface area contributed by atoms with E-state index in [1.54, 1.807) is 37.3 Å². The summed E-state index contributed by atoms with van der Waals surface area (Å²) in [5, 5.41) is 3.08. The number of rotatable bonds is 11. The van der Waals surface area contributed by atoms with Crippen molar-refractivity contribution in [2.45, 2.75) is 63.1 Å². The molecule has 1 atom stereocenters. The van der Waals surface area contributed by atoms with E-state index in [1.165, 1.54) is 24.1 Å². The van der Waals surface area contributed by atoms with E-state index in [0.29, 0.717) is 5.75 Å². The molecule has 4 rings (SSSR count). The number of anilines is 1. The number of carbonyl (C=O) groups excluding carboxylic acids is 2. The second-order valence-electron chi connectivity index (χ2n) is 10.2. The summed E-state index contributed by atoms with van der Waals surface area (Å²) in [7, 11) is -2.71. The lowest BCUT2D eigenvalue weighted by molar-refractivity contribution is -0.139. The van der Waals surface area contributed by atoms with Crippen LogP contribution in [0.5, 0.6) is 5.75 Å². The molecule has 3 aromatic rings. The average molecular weight is 564 g/mol. The molecule has 1 fully saturated rings. The molecule has 0 spiro atoms. The summed E-state index contributed by atoms with van der Waals surface area (Å²) >= 11 is 0. The topological polar surface area (TPSA) is 96.0 Å². The third-order valence-electron chi connectivity index (χ3n) is 7.28. The Bertz CT molecular complexity index is 1410. The SMILES string of the molecule is COc1ccc(C)cc1N(CC(=O)N(Cc1ccccc1)[C@H](C)C(=O)NC1CCCC1)S(=O)(=O)c1ccccc1. The Kier molecular flexibility index (Phi) is 9.47. The van der Waals surface area contributed by atoms with E-state index < -0.39 is 28.5 Å². The number of methoxy groups -OCH3 is 1. The van der Waals surface area contributed by atoms with Gasteiger partial charge >= 0.3 is 0 Å². The Hall–Kier alpha value is -3.85. The van der Waals surface area contributed by atoms with Crippen molar-refractivity contribution in [3.63, 3.8) is 0 Å². The first kappa shape index (κ1) is 29.1. The smallest absolute Gasteiger partial charge is 0.264 e. The van der Waals surface area contributed by atoms with E-state index in [9.17, 15) is 18.0 Å². The molecule has 2 amide bonds. The first-order chi connectivity index (χ1) is 19.2. The summed E-state index contributed by atoms with van der Waals surface area (Å²) in [4.78, 5) is 28.9. The number of ether oxygens (including phenoxy) is 1. The maximum atomic E-state index is 14.1. The number of amides is 2. The highest BCUT2D eigenvalue weighted by Gasteiger charge is 2.34. The van der Waals surface area contributed by atoms with E-state index in [-0.39, 0.29) is 29.1 Å². The highest BCUT2D eigenvalue weighted by atomic mass is 32.2. The molecular weight excluding hydrogens is 526 g/mol. The van der Waals surface area contributed by atoms with Crippen molar-refractivity contribution in [1.82, 2.24) is 10.2 Å². The van der Waals surface area contributed by atoms with Gasteiger partial charge in [0.05, 0.1) is 17.7 Å². The lowest BCUT2D eigenvalue weighted by atomic mass is 10.1. The number of sulfonamides is 1. The van der Waals surface area contributed by atoms with Gasteiger partial charge in [0.1, 0.15) is 18.3 Å². The largest absolute Gasteiger partial charge is 0.495 e. The molecule has 0 bridgehead atoms. The summed E-state index contributed by atoms with van der Waals surface area (Å²) in [5.74, 6) is -0.428. The minimum absolute atomic E-state index is 0.0491. The minimum Gasteiger partial charge on any atom is -0.495 e. The van der Waals surface area contributed by atoms with Crippen LogP contribution in [-0.4, -0.2) is 50.9 Å². The van der Waals surface area contributed by atoms with Crippen molar-refractivity contribution in [1.29, 1.82) is 0 Å². The van der Waals surface area contributed by atoms with Crippen LogP contribution in [0.1, 0.15) is 43.7 Å². The number of carbonyl (C=O) groups is 2. The first-order valence-corrected chi connectivity index (χ1v) is 15.0. The fourth-order valence-corrected chi connectivity index (χ4v) is 6.42. The Morgan fingerprint density at radius 2 is 1.60 bits per heavy atom. The van der Waals surface area contributed by atoms with Crippen LogP contribution in [0.4, 0.5) is 5.69 Å². The molecule has 1 saturated carbocycles. The van der Waals surface area contributed by atoms with E-state index >= 15 is 0 Å². The second kappa shape index (κ2) is 13.0. The molecular formula is C31H37N3O5S. The van der Waals surface area contributed by atoms with Crippen molar-refractivity contribution in [3.8, 4) is 5.75 Å². The Balaban J connectivity index is 1.72. The number of nitrogens with one attached hydrogen (secondary N) is 1. The van der Waals surface area contributed by atoms with Crippen LogP contribution in [0, 0.1) is 6.92 Å². The average Bonchev–Trinajstić information content (AvgIpc) is 3.48. The van der Waals surface area contributed by atoms with Gasteiger partial charge in [-0.2, -0.15) is 0 Å². The minimum atomic E-state index is -4.16. The molecule has 8 nitrogen and oxygen atoms in total. The zero-order valence-corrected chi connectivity index (χ0v) is 24.1. The first-order valence-electron chi connectivity index (χ1n) is 13.6. The number of benzene rings is 3. The van der Waals surface area contributed by atoms with Gasteiger partial charge < -0.3 is 15.0 Å². The Morgan fingerprint density at radius 3 is 2.23 bits per heavy atom. The third-order valence-corrected chi connectivity index (χ3v) is 9.05. The van der Waals surface area contributed by atoms with Gasteiger partial charge in [0.15, 0.2) is 0 Å². The predicted molar refractivity (Wildman–Crippen MR) is 156 cm³/mol. The van der Waals surface area contributed by atoms with Crippen LogP contribution in [0.15, 0.2) is 83.8 Å². The fourth-order valence-electron chi connectivity index (χ4n) is 4.98. The lowest BCUT2D eigenvalue weighted by Crippen LogP contribution is -2.52. The van der Waals surface area contributed by atoms with Crippen LogP contribution >= 0.6 is 0 Å². The predicted octanol–water partition coefficient (Wildman–Crippen LogP) is 4.68. The zero-order valence-electron chi connectivity index (χ0n) is 23.2. The van der Waals surface area contributed by atoms with Crippen molar-refractivity contribution < 1.29 is 22.7 Å². The third kappa shape index (κ3) is 6.83. The van der Waals surface area contributed by atoms with Crippen LogP contribution in [0.2, 0.25) is 0 Å². The van der Waals surface area contributed by atoms with E-state index in [2.05, 4.69) is 5.32 Å². The molecule has 1 N–H and O–H groups in total. The molecule has 0 saturated heterocycles. The van der Waals surface area contributed by atoms with Gasteiger partial charge in [-0.15, -0.1) is 0 Å². The van der Waals surface area contributed by atoms with E-state index in [1.807, 2.05) is 43.3 Å². The van der Waals surface area contributed by atoms with Gasteiger partial charge in [-0.3, -0.25) is 13.9 Å². The maximum absolute atomic E-state index is 14.1. The number of hydrogen-bond donors (Lipinski definition) is 1. The normalized spacial score (nSPS) is 14.4. The summed E-state index contributed by atoms with van der Waals surface area (Å²) < 4.78 is 34.6. The monoisotopic (exact) mass is 563 g/mol. The molecule has 0 aromatic heterocycles. The highest BCUT2D eigenvalue weighted by Crippen LogP contribution is 2.33. The maximum Gasteiger partial charge on any atom is 0.264 e. The molecule has 3 aromatic carbocycles. The molecule has 0 aliphatic heterocycles. The molecule has 1 aliphatic rings. The summed E-state index contributed by atoms with van der Waals surface area (Å²) in [6.45, 7) is 3.18. The van der Waals surface area contributed by atoms with E-state index in [4.69, 9.17) is 4.74 Å². The zero-order chi connectivity index (χ0) is 28.7. The van der Waals surface area contributed by atoms with Crippen molar-refractivity contribution in [2.75, 3.05) is 18.0 Å².